The van der Waals surface area contributed by atoms with E-state index < -0.39 is 0 Å². The maximum absolute atomic E-state index is 13.0. The van der Waals surface area contributed by atoms with Crippen LogP contribution in [0.1, 0.15) is 28.8 Å². The number of fused-ring (bicyclic) bond motifs is 1. The molecule has 0 saturated carbocycles. The Balaban J connectivity index is 1.42. The molecule has 0 atom stereocenters. The fraction of sp³-hybridized carbons (Fsp3) is 0.391. The predicted octanol–water partition coefficient (Wildman–Crippen LogP) is 3.54. The summed E-state index contributed by atoms with van der Waals surface area (Å²) in [5.41, 5.74) is 3.82. The summed E-state index contributed by atoms with van der Waals surface area (Å²) in [6.07, 6.45) is 6.88. The van der Waals surface area contributed by atoms with Crippen molar-refractivity contribution in [3.63, 3.8) is 0 Å². The summed E-state index contributed by atoms with van der Waals surface area (Å²) < 4.78 is 12.8. The van der Waals surface area contributed by atoms with Gasteiger partial charge in [0.2, 0.25) is 0 Å². The molecule has 3 aromatic rings. The largest absolute Gasteiger partial charge is 0.497 e. The van der Waals surface area contributed by atoms with Crippen LogP contribution in [0.25, 0.3) is 11.0 Å². The minimum Gasteiger partial charge on any atom is -0.497 e. The number of morpholine rings is 1. The predicted molar refractivity (Wildman–Crippen MR) is 112 cm³/mol. The molecule has 6 heteroatoms. The van der Waals surface area contributed by atoms with Gasteiger partial charge in [0.15, 0.2) is 0 Å². The summed E-state index contributed by atoms with van der Waals surface area (Å²) in [5, 5.41) is 0. The molecule has 0 spiro atoms. The van der Waals surface area contributed by atoms with Crippen LogP contribution in [-0.4, -0.2) is 53.8 Å². The standard InChI is InChI=1S/C23H27N3O3/c1-28-19-9-7-18(8-10-19)5-2-3-12-26-17-20(22-21(26)6-4-11-24-22)23(27)25-13-15-29-16-14-25/h4,6-11,17H,2-3,5,12-16H2,1H3. The van der Waals surface area contributed by atoms with E-state index in [9.17, 15) is 4.79 Å². The summed E-state index contributed by atoms with van der Waals surface area (Å²) >= 11 is 0. The number of hydrogen-bond donors (Lipinski definition) is 0. The van der Waals surface area contributed by atoms with Crippen LogP contribution >= 0.6 is 0 Å². The molecule has 29 heavy (non-hydrogen) atoms. The number of unbranched alkanes of at least 4 members (excludes halogenated alkanes) is 1. The molecule has 1 saturated heterocycles. The Hall–Kier alpha value is -2.86. The van der Waals surface area contributed by atoms with Gasteiger partial charge in [-0.25, -0.2) is 0 Å². The number of amides is 1. The Morgan fingerprint density at radius 3 is 2.69 bits per heavy atom. The quantitative estimate of drug-likeness (QED) is 0.576. The molecule has 1 amide bonds. The van der Waals surface area contributed by atoms with Gasteiger partial charge in [-0.1, -0.05) is 12.1 Å². The van der Waals surface area contributed by atoms with Crippen LogP contribution in [0.15, 0.2) is 48.8 Å². The number of carbonyl (C=O) groups is 1. The highest BCUT2D eigenvalue weighted by Gasteiger charge is 2.23. The average Bonchev–Trinajstić information content (AvgIpc) is 3.16. The summed E-state index contributed by atoms with van der Waals surface area (Å²) in [6, 6.07) is 12.2. The number of benzene rings is 1. The van der Waals surface area contributed by atoms with E-state index >= 15 is 0 Å². The molecule has 0 N–H and O–H groups in total. The highest BCUT2D eigenvalue weighted by atomic mass is 16.5. The summed E-state index contributed by atoms with van der Waals surface area (Å²) in [6.45, 7) is 3.35. The van der Waals surface area contributed by atoms with Crippen molar-refractivity contribution in [1.82, 2.24) is 14.5 Å². The zero-order valence-electron chi connectivity index (χ0n) is 16.8. The lowest BCUT2D eigenvalue weighted by atomic mass is 10.1. The number of aryl methyl sites for hydroxylation is 2. The normalized spacial score (nSPS) is 14.3. The molecule has 0 aliphatic carbocycles. The molecule has 0 unspecified atom stereocenters. The fourth-order valence-electron chi connectivity index (χ4n) is 3.80. The van der Waals surface area contributed by atoms with Gasteiger partial charge in [-0.3, -0.25) is 9.78 Å². The number of methoxy groups -OCH3 is 1. The Morgan fingerprint density at radius 2 is 1.93 bits per heavy atom. The Kier molecular flexibility index (Phi) is 6.10. The molecule has 6 nitrogen and oxygen atoms in total. The van der Waals surface area contributed by atoms with Gasteiger partial charge in [0.05, 0.1) is 31.4 Å². The Morgan fingerprint density at radius 1 is 1.14 bits per heavy atom. The molecule has 1 fully saturated rings. The zero-order valence-corrected chi connectivity index (χ0v) is 16.8. The first kappa shape index (κ1) is 19.5. The zero-order chi connectivity index (χ0) is 20.1. The highest BCUT2D eigenvalue weighted by Crippen LogP contribution is 2.22. The smallest absolute Gasteiger partial charge is 0.257 e. The minimum atomic E-state index is 0.0500. The molecule has 3 heterocycles. The highest BCUT2D eigenvalue weighted by molar-refractivity contribution is 6.05. The van der Waals surface area contributed by atoms with Gasteiger partial charge in [0.1, 0.15) is 11.3 Å². The number of pyridine rings is 1. The van der Waals surface area contributed by atoms with Crippen molar-refractivity contribution >= 4 is 16.9 Å². The van der Waals surface area contributed by atoms with E-state index in [0.717, 1.165) is 42.6 Å². The van der Waals surface area contributed by atoms with Gasteiger partial charge < -0.3 is 18.9 Å². The SMILES string of the molecule is COc1ccc(CCCCn2cc(C(=O)N3CCOCC3)c3ncccc32)cc1. The molecule has 0 bridgehead atoms. The van der Waals surface area contributed by atoms with Gasteiger partial charge in [-0.05, 0) is 49.1 Å². The Bertz CT molecular complexity index is 959. The number of aromatic nitrogens is 2. The van der Waals surface area contributed by atoms with Gasteiger partial charge >= 0.3 is 0 Å². The monoisotopic (exact) mass is 393 g/mol. The van der Waals surface area contributed by atoms with Crippen LogP contribution in [0.5, 0.6) is 5.75 Å². The van der Waals surface area contributed by atoms with Crippen molar-refractivity contribution in [3.05, 3.63) is 59.9 Å². The lowest BCUT2D eigenvalue weighted by Crippen LogP contribution is -2.40. The second-order valence-corrected chi connectivity index (χ2v) is 7.32. The van der Waals surface area contributed by atoms with Crippen molar-refractivity contribution in [2.24, 2.45) is 0 Å². The molecule has 1 aromatic carbocycles. The maximum atomic E-state index is 13.0. The van der Waals surface area contributed by atoms with Gasteiger partial charge in [0, 0.05) is 32.0 Å². The third-order valence-corrected chi connectivity index (χ3v) is 5.44. The first-order valence-corrected chi connectivity index (χ1v) is 10.2. The van der Waals surface area contributed by atoms with Crippen LogP contribution in [0.2, 0.25) is 0 Å². The van der Waals surface area contributed by atoms with E-state index in [1.807, 2.05) is 35.4 Å². The molecule has 4 rings (SSSR count). The number of carbonyl (C=O) groups excluding carboxylic acids is 1. The molecule has 1 aliphatic heterocycles. The van der Waals surface area contributed by atoms with E-state index in [2.05, 4.69) is 21.7 Å². The maximum Gasteiger partial charge on any atom is 0.257 e. The van der Waals surface area contributed by atoms with Crippen LogP contribution in [0.3, 0.4) is 0 Å². The van der Waals surface area contributed by atoms with Crippen molar-refractivity contribution in [1.29, 1.82) is 0 Å². The van der Waals surface area contributed by atoms with E-state index in [0.29, 0.717) is 31.9 Å². The molecule has 2 aromatic heterocycles. The van der Waals surface area contributed by atoms with E-state index in [-0.39, 0.29) is 5.91 Å². The number of ether oxygens (including phenoxy) is 2. The van der Waals surface area contributed by atoms with E-state index in [4.69, 9.17) is 9.47 Å². The van der Waals surface area contributed by atoms with Gasteiger partial charge in [0.25, 0.3) is 5.91 Å². The van der Waals surface area contributed by atoms with Crippen LogP contribution < -0.4 is 4.74 Å². The fourth-order valence-corrected chi connectivity index (χ4v) is 3.80. The third kappa shape index (κ3) is 4.43. The topological polar surface area (TPSA) is 56.6 Å². The van der Waals surface area contributed by atoms with Crippen molar-refractivity contribution < 1.29 is 14.3 Å². The first-order chi connectivity index (χ1) is 14.3. The minimum absolute atomic E-state index is 0.0500. The van der Waals surface area contributed by atoms with Crippen LogP contribution in [0.4, 0.5) is 0 Å². The molecule has 1 aliphatic rings. The third-order valence-electron chi connectivity index (χ3n) is 5.44. The van der Waals surface area contributed by atoms with Gasteiger partial charge in [-0.2, -0.15) is 0 Å². The molecule has 152 valence electrons. The summed E-state index contributed by atoms with van der Waals surface area (Å²) in [7, 11) is 1.68. The lowest BCUT2D eigenvalue weighted by Gasteiger charge is -2.26. The van der Waals surface area contributed by atoms with Crippen molar-refractivity contribution in [2.75, 3.05) is 33.4 Å². The van der Waals surface area contributed by atoms with Gasteiger partial charge in [-0.15, -0.1) is 0 Å². The lowest BCUT2D eigenvalue weighted by molar-refractivity contribution is 0.0304. The molecule has 0 radical (unpaired) electrons. The number of hydrogen-bond acceptors (Lipinski definition) is 4. The Labute approximate surface area is 171 Å². The van der Waals surface area contributed by atoms with Crippen LogP contribution in [0, 0.1) is 0 Å². The number of nitrogens with zero attached hydrogens (tertiary/aromatic N) is 3. The number of rotatable bonds is 7. The summed E-state index contributed by atoms with van der Waals surface area (Å²) in [4.78, 5) is 19.4. The summed E-state index contributed by atoms with van der Waals surface area (Å²) in [5.74, 6) is 0.937. The molecular weight excluding hydrogens is 366 g/mol. The van der Waals surface area contributed by atoms with E-state index in [1.165, 1.54) is 5.56 Å². The van der Waals surface area contributed by atoms with Crippen molar-refractivity contribution in [3.8, 4) is 5.75 Å². The second kappa shape index (κ2) is 9.09. The average molecular weight is 393 g/mol. The van der Waals surface area contributed by atoms with Crippen LogP contribution in [-0.2, 0) is 17.7 Å². The second-order valence-electron chi connectivity index (χ2n) is 7.32. The van der Waals surface area contributed by atoms with E-state index in [1.54, 1.807) is 13.3 Å². The molecular formula is C23H27N3O3. The van der Waals surface area contributed by atoms with Crippen molar-refractivity contribution in [2.45, 2.75) is 25.8 Å². The first-order valence-electron chi connectivity index (χ1n) is 10.2.